The zero-order valence-corrected chi connectivity index (χ0v) is 13.3. The van der Waals surface area contributed by atoms with Gasteiger partial charge in [-0.05, 0) is 18.6 Å². The first-order valence-electron chi connectivity index (χ1n) is 7.08. The van der Waals surface area contributed by atoms with Crippen molar-refractivity contribution < 1.29 is 4.79 Å². The van der Waals surface area contributed by atoms with Gasteiger partial charge in [0.15, 0.2) is 0 Å². The van der Waals surface area contributed by atoms with Crippen LogP contribution in [0.2, 0.25) is 0 Å². The first-order valence-corrected chi connectivity index (χ1v) is 7.90. The lowest BCUT2D eigenvalue weighted by Gasteiger charge is -2.07. The second-order valence-electron chi connectivity index (χ2n) is 5.18. The van der Waals surface area contributed by atoms with E-state index in [0.717, 1.165) is 15.0 Å². The van der Waals surface area contributed by atoms with Crippen LogP contribution in [0.3, 0.4) is 0 Å². The highest BCUT2D eigenvalue weighted by Crippen LogP contribution is 2.18. The predicted molar refractivity (Wildman–Crippen MR) is 89.7 cm³/mol. The van der Waals surface area contributed by atoms with Crippen LogP contribution in [0.4, 0.5) is 0 Å². The van der Waals surface area contributed by atoms with E-state index in [0.29, 0.717) is 16.8 Å². The summed E-state index contributed by atoms with van der Waals surface area (Å²) in [6.45, 7) is 1.91. The molecule has 0 saturated carbocycles. The minimum absolute atomic E-state index is 0.300. The molecule has 0 fully saturated rings. The van der Waals surface area contributed by atoms with Gasteiger partial charge in [-0.15, -0.1) is 11.3 Å². The van der Waals surface area contributed by atoms with Crippen LogP contribution < -0.4 is 16.6 Å². The number of hydrogen-bond donors (Lipinski definition) is 2. The molecule has 2 heterocycles. The lowest BCUT2D eigenvalue weighted by Crippen LogP contribution is -2.40. The number of hydrogen-bond acceptors (Lipinski definition) is 4. The molecule has 2 N–H and O–H groups in total. The Kier molecular flexibility index (Phi) is 4.12. The number of aromatic amines is 1. The average Bonchev–Trinajstić information content (AvgIpc) is 2.91. The van der Waals surface area contributed by atoms with E-state index in [-0.39, 0.29) is 12.5 Å². The molecule has 0 aliphatic rings. The van der Waals surface area contributed by atoms with Crippen LogP contribution in [0.1, 0.15) is 10.4 Å². The Bertz CT molecular complexity index is 970. The Morgan fingerprint density at radius 3 is 2.74 bits per heavy atom. The molecule has 0 unspecified atom stereocenters. The third kappa shape index (κ3) is 3.24. The Morgan fingerprint density at radius 2 is 2.00 bits per heavy atom. The Morgan fingerprint density at radius 1 is 1.26 bits per heavy atom. The summed E-state index contributed by atoms with van der Waals surface area (Å²) < 4.78 is 0.925. The molecule has 0 radical (unpaired) electrons. The highest BCUT2D eigenvalue weighted by atomic mass is 32.1. The Balaban J connectivity index is 1.79. The van der Waals surface area contributed by atoms with Gasteiger partial charge in [-0.2, -0.15) is 0 Å². The van der Waals surface area contributed by atoms with E-state index in [2.05, 4.69) is 10.3 Å². The average molecular weight is 329 g/mol. The van der Waals surface area contributed by atoms with Gasteiger partial charge in [0.05, 0.1) is 5.39 Å². The van der Waals surface area contributed by atoms with Crippen molar-refractivity contribution in [3.63, 3.8) is 0 Å². The van der Waals surface area contributed by atoms with Gasteiger partial charge in [-0.3, -0.25) is 19.1 Å². The fourth-order valence-electron chi connectivity index (χ4n) is 2.31. The van der Waals surface area contributed by atoms with Crippen molar-refractivity contribution in [2.24, 2.45) is 0 Å². The molecule has 2 aromatic heterocycles. The third-order valence-corrected chi connectivity index (χ3v) is 4.40. The fraction of sp³-hybridized carbons (Fsp3) is 0.188. The van der Waals surface area contributed by atoms with Crippen molar-refractivity contribution in [2.75, 3.05) is 0 Å². The molecule has 0 aliphatic heterocycles. The monoisotopic (exact) mass is 329 g/mol. The maximum absolute atomic E-state index is 12.3. The number of rotatable bonds is 4. The van der Waals surface area contributed by atoms with Crippen molar-refractivity contribution in [2.45, 2.75) is 20.0 Å². The van der Waals surface area contributed by atoms with Crippen molar-refractivity contribution in [3.05, 3.63) is 67.7 Å². The van der Waals surface area contributed by atoms with E-state index in [9.17, 15) is 14.4 Å². The van der Waals surface area contributed by atoms with Crippen molar-refractivity contribution >= 4 is 27.5 Å². The van der Waals surface area contributed by atoms with Gasteiger partial charge in [0, 0.05) is 11.4 Å². The third-order valence-electron chi connectivity index (χ3n) is 3.43. The van der Waals surface area contributed by atoms with Gasteiger partial charge in [0.25, 0.3) is 5.56 Å². The van der Waals surface area contributed by atoms with Gasteiger partial charge in [0.2, 0.25) is 5.91 Å². The largest absolute Gasteiger partial charge is 0.350 e. The molecule has 0 aliphatic carbocycles. The summed E-state index contributed by atoms with van der Waals surface area (Å²) in [6, 6.07) is 11.1. The molecule has 0 saturated heterocycles. The molecule has 0 spiro atoms. The Hall–Kier alpha value is -2.67. The number of H-pyrrole nitrogens is 1. The summed E-state index contributed by atoms with van der Waals surface area (Å²) in [5.74, 6) is -0.382. The van der Waals surface area contributed by atoms with E-state index in [1.807, 2.05) is 37.3 Å². The highest BCUT2D eigenvalue weighted by Gasteiger charge is 2.12. The molecule has 0 atom stereocenters. The standard InChI is InChI=1S/C16H15N3O3S/c1-10-7-12-14(23-10)18-16(22)19(15(12)21)9-13(20)17-8-11-5-3-2-4-6-11/h2-7H,8-9H2,1H3,(H,17,20)(H,18,22). The van der Waals surface area contributed by atoms with Crippen LogP contribution >= 0.6 is 11.3 Å². The van der Waals surface area contributed by atoms with Crippen LogP contribution in [-0.4, -0.2) is 15.5 Å². The molecular formula is C16H15N3O3S. The normalized spacial score (nSPS) is 10.8. The summed E-state index contributed by atoms with van der Waals surface area (Å²) >= 11 is 1.35. The van der Waals surface area contributed by atoms with Crippen LogP contribution in [0.15, 0.2) is 46.0 Å². The minimum atomic E-state index is -0.570. The van der Waals surface area contributed by atoms with E-state index in [4.69, 9.17) is 0 Å². The zero-order valence-electron chi connectivity index (χ0n) is 12.5. The number of nitrogens with one attached hydrogen (secondary N) is 2. The molecule has 3 aromatic rings. The maximum atomic E-state index is 12.3. The summed E-state index contributed by atoms with van der Waals surface area (Å²) in [7, 11) is 0. The van der Waals surface area contributed by atoms with Crippen LogP contribution in [-0.2, 0) is 17.9 Å². The molecular weight excluding hydrogens is 314 g/mol. The van der Waals surface area contributed by atoms with Gasteiger partial charge < -0.3 is 5.32 Å². The van der Waals surface area contributed by atoms with E-state index >= 15 is 0 Å². The first-order chi connectivity index (χ1) is 11.0. The molecule has 3 rings (SSSR count). The number of thiophene rings is 1. The first kappa shape index (κ1) is 15.2. The van der Waals surface area contributed by atoms with Crippen molar-refractivity contribution in [1.29, 1.82) is 0 Å². The lowest BCUT2D eigenvalue weighted by atomic mass is 10.2. The second kappa shape index (κ2) is 6.21. The van der Waals surface area contributed by atoms with Crippen LogP contribution in [0.25, 0.3) is 10.2 Å². The summed E-state index contributed by atoms with van der Waals surface area (Å²) in [5.41, 5.74) is -0.0619. The van der Waals surface area contributed by atoms with E-state index in [1.54, 1.807) is 6.07 Å². The molecule has 118 valence electrons. The molecule has 0 bridgehead atoms. The number of amides is 1. The SMILES string of the molecule is Cc1cc2c(=O)n(CC(=O)NCc3ccccc3)c(=O)[nH]c2s1. The maximum Gasteiger partial charge on any atom is 0.329 e. The lowest BCUT2D eigenvalue weighted by molar-refractivity contribution is -0.121. The summed E-state index contributed by atoms with van der Waals surface area (Å²) in [6.07, 6.45) is 0. The van der Waals surface area contributed by atoms with Crippen molar-refractivity contribution in [3.8, 4) is 0 Å². The second-order valence-corrected chi connectivity index (χ2v) is 6.44. The minimum Gasteiger partial charge on any atom is -0.350 e. The van der Waals surface area contributed by atoms with Crippen LogP contribution in [0, 0.1) is 6.92 Å². The number of aromatic nitrogens is 2. The number of fused-ring (bicyclic) bond motifs is 1. The summed E-state index contributed by atoms with van der Waals surface area (Å²) in [5, 5.41) is 3.14. The molecule has 1 aromatic carbocycles. The molecule has 6 nitrogen and oxygen atoms in total. The van der Waals surface area contributed by atoms with Gasteiger partial charge in [-0.25, -0.2) is 4.79 Å². The number of aryl methyl sites for hydroxylation is 1. The Labute approximate surface area is 135 Å². The molecule has 23 heavy (non-hydrogen) atoms. The molecule has 1 amide bonds. The zero-order chi connectivity index (χ0) is 16.4. The van der Waals surface area contributed by atoms with Gasteiger partial charge in [0.1, 0.15) is 11.4 Å². The topological polar surface area (TPSA) is 84.0 Å². The van der Waals surface area contributed by atoms with E-state index < -0.39 is 11.2 Å². The van der Waals surface area contributed by atoms with Crippen LogP contribution in [0.5, 0.6) is 0 Å². The van der Waals surface area contributed by atoms with Gasteiger partial charge in [-0.1, -0.05) is 30.3 Å². The van der Waals surface area contributed by atoms with Crippen molar-refractivity contribution in [1.82, 2.24) is 14.9 Å². The number of carbonyl (C=O) groups excluding carboxylic acids is 1. The fourth-order valence-corrected chi connectivity index (χ4v) is 3.20. The number of carbonyl (C=O) groups is 1. The predicted octanol–water partition coefficient (Wildman–Crippen LogP) is 1.38. The van der Waals surface area contributed by atoms with E-state index in [1.165, 1.54) is 11.3 Å². The number of benzene rings is 1. The quantitative estimate of drug-likeness (QED) is 0.758. The highest BCUT2D eigenvalue weighted by molar-refractivity contribution is 7.18. The number of nitrogens with zero attached hydrogens (tertiary/aromatic N) is 1. The molecule has 7 heteroatoms. The van der Waals surface area contributed by atoms with Gasteiger partial charge >= 0.3 is 5.69 Å². The smallest absolute Gasteiger partial charge is 0.329 e. The summed E-state index contributed by atoms with van der Waals surface area (Å²) in [4.78, 5) is 40.5.